The number of aryl methyl sites for hydroxylation is 2. The third-order valence-corrected chi connectivity index (χ3v) is 6.16. The van der Waals surface area contributed by atoms with Crippen molar-refractivity contribution in [2.45, 2.75) is 58.5 Å². The zero-order valence-electron chi connectivity index (χ0n) is 17.3. The van der Waals surface area contributed by atoms with Crippen LogP contribution in [-0.2, 0) is 11.3 Å². The van der Waals surface area contributed by atoms with E-state index in [0.717, 1.165) is 17.8 Å². The number of amides is 1. The molecule has 1 N–H and O–H groups in total. The van der Waals surface area contributed by atoms with Crippen LogP contribution in [0.1, 0.15) is 43.5 Å². The maximum Gasteiger partial charge on any atom is 0.267 e. The fourth-order valence-corrected chi connectivity index (χ4v) is 4.78. The molecule has 8 nitrogen and oxygen atoms in total. The van der Waals surface area contributed by atoms with E-state index in [4.69, 9.17) is 0 Å². The molecular formula is C21H30N6O2. The molecule has 0 aromatic carbocycles. The van der Waals surface area contributed by atoms with E-state index in [1.165, 1.54) is 49.5 Å². The molecule has 0 aliphatic carbocycles. The highest BCUT2D eigenvalue weighted by Gasteiger charge is 2.32. The normalized spacial score (nSPS) is 22.3. The molecule has 8 heteroatoms. The Labute approximate surface area is 170 Å². The number of nitrogens with zero attached hydrogens (tertiary/aromatic N) is 5. The predicted molar refractivity (Wildman–Crippen MR) is 110 cm³/mol. The lowest BCUT2D eigenvalue weighted by Crippen LogP contribution is -2.51. The van der Waals surface area contributed by atoms with Crippen LogP contribution in [0.3, 0.4) is 0 Å². The quantitative estimate of drug-likeness (QED) is 0.824. The first-order chi connectivity index (χ1) is 14.0. The topological polar surface area (TPSA) is 85.0 Å². The lowest BCUT2D eigenvalue weighted by atomic mass is 9.83. The number of carbonyl (C=O) groups excluding carboxylic acids is 1. The summed E-state index contributed by atoms with van der Waals surface area (Å²) in [4.78, 5) is 27.3. The standard InChI is InChI=1S/C21H30N6O2/c1-15-12-16(2)27(23-15)19-8-9-21(29)26(24-19)14-20(28)22-13-17-6-5-11-25-10-4-3-7-18(17)25/h8-9,12,17-18H,3-7,10-11,13-14H2,1-2H3,(H,22,28)/t17-,18-/m1/s1. The first-order valence-corrected chi connectivity index (χ1v) is 10.6. The lowest BCUT2D eigenvalue weighted by Gasteiger charge is -2.44. The van der Waals surface area contributed by atoms with Gasteiger partial charge in [-0.25, -0.2) is 9.36 Å². The summed E-state index contributed by atoms with van der Waals surface area (Å²) in [6.07, 6.45) is 6.15. The Morgan fingerprint density at radius 2 is 1.97 bits per heavy atom. The van der Waals surface area contributed by atoms with Crippen LogP contribution in [0, 0.1) is 19.8 Å². The maximum absolute atomic E-state index is 12.5. The molecule has 0 saturated carbocycles. The minimum absolute atomic E-state index is 0.0763. The largest absolute Gasteiger partial charge is 0.354 e. The van der Waals surface area contributed by atoms with Gasteiger partial charge in [0.1, 0.15) is 6.54 Å². The van der Waals surface area contributed by atoms with Crippen LogP contribution in [0.15, 0.2) is 23.0 Å². The SMILES string of the molecule is Cc1cc(C)n(-c2ccc(=O)n(CC(=O)NC[C@H]3CCCN4CCCC[C@H]34)n2)n1. The van der Waals surface area contributed by atoms with E-state index in [2.05, 4.69) is 20.4 Å². The van der Waals surface area contributed by atoms with E-state index in [9.17, 15) is 9.59 Å². The summed E-state index contributed by atoms with van der Waals surface area (Å²) in [6.45, 7) is 6.81. The number of aromatic nitrogens is 4. The van der Waals surface area contributed by atoms with Crippen molar-refractivity contribution in [2.24, 2.45) is 5.92 Å². The van der Waals surface area contributed by atoms with E-state index >= 15 is 0 Å². The highest BCUT2D eigenvalue weighted by molar-refractivity contribution is 5.75. The zero-order chi connectivity index (χ0) is 20.4. The van der Waals surface area contributed by atoms with Gasteiger partial charge in [-0.1, -0.05) is 6.42 Å². The van der Waals surface area contributed by atoms with Crippen molar-refractivity contribution in [1.29, 1.82) is 0 Å². The van der Waals surface area contributed by atoms with Crippen LogP contribution in [0.25, 0.3) is 5.82 Å². The van der Waals surface area contributed by atoms with Gasteiger partial charge in [-0.3, -0.25) is 9.59 Å². The number of fused-ring (bicyclic) bond motifs is 1. The van der Waals surface area contributed by atoms with Crippen LogP contribution in [0.2, 0.25) is 0 Å². The van der Waals surface area contributed by atoms with Gasteiger partial charge >= 0.3 is 0 Å². The Morgan fingerprint density at radius 1 is 1.14 bits per heavy atom. The second-order valence-electron chi connectivity index (χ2n) is 8.33. The molecule has 2 atom stereocenters. The molecule has 4 rings (SSSR count). The van der Waals surface area contributed by atoms with Gasteiger partial charge in [-0.05, 0) is 70.7 Å². The maximum atomic E-state index is 12.5. The highest BCUT2D eigenvalue weighted by atomic mass is 16.2. The molecule has 1 amide bonds. The second kappa shape index (κ2) is 8.49. The first kappa shape index (κ1) is 19.8. The van der Waals surface area contributed by atoms with E-state index in [1.807, 2.05) is 19.9 Å². The minimum atomic E-state index is -0.290. The summed E-state index contributed by atoms with van der Waals surface area (Å²) in [7, 11) is 0. The van der Waals surface area contributed by atoms with Crippen LogP contribution in [-0.4, -0.2) is 56.0 Å². The lowest BCUT2D eigenvalue weighted by molar-refractivity contribution is -0.122. The van der Waals surface area contributed by atoms with Crippen LogP contribution < -0.4 is 10.9 Å². The summed E-state index contributed by atoms with van der Waals surface area (Å²) in [5.41, 5.74) is 1.52. The molecule has 156 valence electrons. The Kier molecular flexibility index (Phi) is 5.80. The van der Waals surface area contributed by atoms with Gasteiger partial charge in [0.05, 0.1) is 5.69 Å². The molecular weight excluding hydrogens is 368 g/mol. The van der Waals surface area contributed by atoms with E-state index in [-0.39, 0.29) is 18.0 Å². The van der Waals surface area contributed by atoms with E-state index in [1.54, 1.807) is 10.7 Å². The molecule has 2 fully saturated rings. The number of hydrogen-bond acceptors (Lipinski definition) is 5. The molecule has 0 spiro atoms. The number of nitrogens with one attached hydrogen (secondary N) is 1. The average molecular weight is 399 g/mol. The van der Waals surface area contributed by atoms with Gasteiger partial charge in [0, 0.05) is 24.3 Å². The van der Waals surface area contributed by atoms with Gasteiger partial charge in [0.15, 0.2) is 5.82 Å². The van der Waals surface area contributed by atoms with Crippen LogP contribution >= 0.6 is 0 Å². The first-order valence-electron chi connectivity index (χ1n) is 10.6. The van der Waals surface area contributed by atoms with Crippen LogP contribution in [0.5, 0.6) is 0 Å². The van der Waals surface area contributed by atoms with Crippen molar-refractivity contribution in [1.82, 2.24) is 29.8 Å². The van der Waals surface area contributed by atoms with E-state index in [0.29, 0.717) is 24.3 Å². The summed E-state index contributed by atoms with van der Waals surface area (Å²) >= 11 is 0. The third kappa shape index (κ3) is 4.42. The molecule has 0 radical (unpaired) electrons. The fraction of sp³-hybridized carbons (Fsp3) is 0.619. The third-order valence-electron chi connectivity index (χ3n) is 6.16. The highest BCUT2D eigenvalue weighted by Crippen LogP contribution is 2.30. The van der Waals surface area contributed by atoms with Gasteiger partial charge in [-0.2, -0.15) is 5.10 Å². The molecule has 2 aliphatic rings. The molecule has 2 aromatic rings. The van der Waals surface area contributed by atoms with Gasteiger partial charge in [0.25, 0.3) is 5.56 Å². The Balaban J connectivity index is 1.40. The molecule has 2 saturated heterocycles. The molecule has 29 heavy (non-hydrogen) atoms. The smallest absolute Gasteiger partial charge is 0.267 e. The number of piperidine rings is 2. The average Bonchev–Trinajstić information content (AvgIpc) is 3.06. The fourth-order valence-electron chi connectivity index (χ4n) is 4.78. The van der Waals surface area contributed by atoms with Gasteiger partial charge in [0.2, 0.25) is 5.91 Å². The molecule has 0 bridgehead atoms. The molecule has 2 aromatic heterocycles. The Bertz CT molecular complexity index is 931. The summed E-state index contributed by atoms with van der Waals surface area (Å²) in [5.74, 6) is 0.866. The van der Waals surface area contributed by atoms with Crippen molar-refractivity contribution < 1.29 is 4.79 Å². The van der Waals surface area contributed by atoms with Gasteiger partial charge in [-0.15, -0.1) is 5.10 Å². The van der Waals surface area contributed by atoms with Crippen molar-refractivity contribution in [3.05, 3.63) is 39.9 Å². The summed E-state index contributed by atoms with van der Waals surface area (Å²) < 4.78 is 2.90. The Hall–Kier alpha value is -2.48. The Morgan fingerprint density at radius 3 is 2.76 bits per heavy atom. The van der Waals surface area contributed by atoms with Crippen molar-refractivity contribution >= 4 is 5.91 Å². The zero-order valence-corrected chi connectivity index (χ0v) is 17.3. The minimum Gasteiger partial charge on any atom is -0.354 e. The predicted octanol–water partition coefficient (Wildman–Crippen LogP) is 1.43. The number of carbonyl (C=O) groups is 1. The molecule has 2 aliphatic heterocycles. The van der Waals surface area contributed by atoms with Gasteiger partial charge < -0.3 is 10.2 Å². The van der Waals surface area contributed by atoms with Crippen LogP contribution in [0.4, 0.5) is 0 Å². The number of rotatable bonds is 5. The van der Waals surface area contributed by atoms with Crippen molar-refractivity contribution in [3.63, 3.8) is 0 Å². The number of hydrogen-bond donors (Lipinski definition) is 1. The molecule has 0 unspecified atom stereocenters. The summed E-state index contributed by atoms with van der Waals surface area (Å²) in [6, 6.07) is 5.61. The molecule has 4 heterocycles. The van der Waals surface area contributed by atoms with Crippen molar-refractivity contribution in [2.75, 3.05) is 19.6 Å². The van der Waals surface area contributed by atoms with Crippen molar-refractivity contribution in [3.8, 4) is 5.82 Å². The van der Waals surface area contributed by atoms with E-state index < -0.39 is 0 Å². The second-order valence-corrected chi connectivity index (χ2v) is 8.33. The summed E-state index contributed by atoms with van der Waals surface area (Å²) in [5, 5.41) is 11.8. The monoisotopic (exact) mass is 398 g/mol.